The Morgan fingerprint density at radius 3 is 2.62 bits per heavy atom. The van der Waals surface area contributed by atoms with Gasteiger partial charge >= 0.3 is 0 Å². The van der Waals surface area contributed by atoms with Crippen LogP contribution in [0.25, 0.3) is 0 Å². The SMILES string of the molecule is CC1CCC(C#N)(NC(=O)c2cccc(N(C)C)c2)CC1. The summed E-state index contributed by atoms with van der Waals surface area (Å²) in [7, 11) is 3.88. The summed E-state index contributed by atoms with van der Waals surface area (Å²) < 4.78 is 0. The van der Waals surface area contributed by atoms with Gasteiger partial charge in [-0.2, -0.15) is 5.26 Å². The van der Waals surface area contributed by atoms with Crippen molar-refractivity contribution in [3.63, 3.8) is 0 Å². The Bertz CT molecular complexity index is 551. The third kappa shape index (κ3) is 3.55. The first kappa shape index (κ1) is 15.4. The molecule has 1 aliphatic carbocycles. The van der Waals surface area contributed by atoms with E-state index in [1.807, 2.05) is 37.2 Å². The van der Waals surface area contributed by atoms with Crippen molar-refractivity contribution in [3.05, 3.63) is 29.8 Å². The zero-order chi connectivity index (χ0) is 15.5. The molecule has 0 aromatic heterocycles. The normalized spacial score (nSPS) is 25.0. The Morgan fingerprint density at radius 2 is 2.05 bits per heavy atom. The molecule has 1 fully saturated rings. The molecule has 112 valence electrons. The van der Waals surface area contributed by atoms with Crippen molar-refractivity contribution in [2.75, 3.05) is 19.0 Å². The van der Waals surface area contributed by atoms with Crippen LogP contribution in [0.2, 0.25) is 0 Å². The van der Waals surface area contributed by atoms with Gasteiger partial charge in [0.1, 0.15) is 5.54 Å². The van der Waals surface area contributed by atoms with E-state index in [0.29, 0.717) is 11.5 Å². The highest BCUT2D eigenvalue weighted by Crippen LogP contribution is 2.31. The highest BCUT2D eigenvalue weighted by Gasteiger charge is 2.35. The molecule has 0 bridgehead atoms. The van der Waals surface area contributed by atoms with Crippen LogP contribution in [-0.2, 0) is 0 Å². The monoisotopic (exact) mass is 285 g/mol. The van der Waals surface area contributed by atoms with E-state index in [0.717, 1.165) is 31.4 Å². The first-order valence-corrected chi connectivity index (χ1v) is 7.47. The van der Waals surface area contributed by atoms with Gasteiger partial charge < -0.3 is 10.2 Å². The number of hydrogen-bond acceptors (Lipinski definition) is 3. The Balaban J connectivity index is 2.13. The summed E-state index contributed by atoms with van der Waals surface area (Å²) >= 11 is 0. The number of anilines is 1. The van der Waals surface area contributed by atoms with Gasteiger partial charge in [-0.15, -0.1) is 0 Å². The Labute approximate surface area is 126 Å². The fraction of sp³-hybridized carbons (Fsp3) is 0.529. The number of nitriles is 1. The lowest BCUT2D eigenvalue weighted by Crippen LogP contribution is -2.49. The van der Waals surface area contributed by atoms with Crippen LogP contribution in [0.15, 0.2) is 24.3 Å². The van der Waals surface area contributed by atoms with E-state index in [1.165, 1.54) is 0 Å². The average molecular weight is 285 g/mol. The van der Waals surface area contributed by atoms with Crippen molar-refractivity contribution in [3.8, 4) is 6.07 Å². The number of rotatable bonds is 3. The number of nitrogens with zero attached hydrogens (tertiary/aromatic N) is 2. The van der Waals surface area contributed by atoms with Gasteiger partial charge in [0, 0.05) is 25.3 Å². The van der Waals surface area contributed by atoms with Crippen molar-refractivity contribution < 1.29 is 4.79 Å². The molecule has 1 aromatic carbocycles. The van der Waals surface area contributed by atoms with Gasteiger partial charge in [0.05, 0.1) is 6.07 Å². The molecule has 1 aliphatic rings. The fourth-order valence-electron chi connectivity index (χ4n) is 2.73. The predicted molar refractivity (Wildman–Crippen MR) is 84.2 cm³/mol. The van der Waals surface area contributed by atoms with Crippen LogP contribution in [0.3, 0.4) is 0 Å². The zero-order valence-electron chi connectivity index (χ0n) is 13.0. The molecule has 1 N–H and O–H groups in total. The van der Waals surface area contributed by atoms with Crippen molar-refractivity contribution in [1.82, 2.24) is 5.32 Å². The number of nitrogens with one attached hydrogen (secondary N) is 1. The van der Waals surface area contributed by atoms with Gasteiger partial charge in [0.25, 0.3) is 5.91 Å². The second-order valence-corrected chi connectivity index (χ2v) is 6.28. The number of carbonyl (C=O) groups excluding carboxylic acids is 1. The quantitative estimate of drug-likeness (QED) is 0.929. The first-order valence-electron chi connectivity index (χ1n) is 7.47. The minimum Gasteiger partial charge on any atom is -0.378 e. The number of amides is 1. The van der Waals surface area contributed by atoms with E-state index >= 15 is 0 Å². The van der Waals surface area contributed by atoms with E-state index in [4.69, 9.17) is 0 Å². The highest BCUT2D eigenvalue weighted by atomic mass is 16.1. The molecule has 0 radical (unpaired) electrons. The van der Waals surface area contributed by atoms with Gasteiger partial charge in [-0.25, -0.2) is 0 Å². The molecule has 0 heterocycles. The first-order chi connectivity index (χ1) is 9.96. The molecule has 0 aliphatic heterocycles. The molecule has 0 unspecified atom stereocenters. The van der Waals surface area contributed by atoms with Gasteiger partial charge in [-0.05, 0) is 49.8 Å². The van der Waals surface area contributed by atoms with Crippen LogP contribution in [0.4, 0.5) is 5.69 Å². The molecular formula is C17H23N3O. The predicted octanol–water partition coefficient (Wildman–Crippen LogP) is 2.95. The van der Waals surface area contributed by atoms with Crippen molar-refractivity contribution in [2.45, 2.75) is 38.1 Å². The van der Waals surface area contributed by atoms with Crippen molar-refractivity contribution in [1.29, 1.82) is 5.26 Å². The lowest BCUT2D eigenvalue weighted by Gasteiger charge is -2.34. The molecule has 1 saturated carbocycles. The third-order valence-electron chi connectivity index (χ3n) is 4.32. The van der Waals surface area contributed by atoms with Gasteiger partial charge in [0.2, 0.25) is 0 Å². The fourth-order valence-corrected chi connectivity index (χ4v) is 2.73. The number of carbonyl (C=O) groups is 1. The van der Waals surface area contributed by atoms with Gasteiger partial charge in [-0.3, -0.25) is 4.79 Å². The van der Waals surface area contributed by atoms with E-state index in [2.05, 4.69) is 18.3 Å². The minimum absolute atomic E-state index is 0.158. The smallest absolute Gasteiger partial charge is 0.252 e. The minimum atomic E-state index is -0.697. The maximum atomic E-state index is 12.5. The molecule has 4 nitrogen and oxygen atoms in total. The maximum absolute atomic E-state index is 12.5. The molecule has 2 rings (SSSR count). The maximum Gasteiger partial charge on any atom is 0.252 e. The standard InChI is InChI=1S/C17H23N3O/c1-13-7-9-17(12-18,10-8-13)19-16(21)14-5-4-6-15(11-14)20(2)3/h4-6,11,13H,7-10H2,1-3H3,(H,19,21). The molecule has 21 heavy (non-hydrogen) atoms. The van der Waals surface area contributed by atoms with E-state index in [9.17, 15) is 10.1 Å². The average Bonchev–Trinajstić information content (AvgIpc) is 2.50. The number of benzene rings is 1. The summed E-state index contributed by atoms with van der Waals surface area (Å²) in [5.74, 6) is 0.482. The van der Waals surface area contributed by atoms with Crippen LogP contribution in [0, 0.1) is 17.2 Å². The number of hydrogen-bond donors (Lipinski definition) is 1. The summed E-state index contributed by atoms with van der Waals surface area (Å²) in [6.07, 6.45) is 3.46. The van der Waals surface area contributed by atoms with Gasteiger partial charge in [-0.1, -0.05) is 13.0 Å². The second-order valence-electron chi connectivity index (χ2n) is 6.28. The molecule has 0 atom stereocenters. The van der Waals surface area contributed by atoms with Crippen LogP contribution < -0.4 is 10.2 Å². The Hall–Kier alpha value is -2.02. The molecule has 0 spiro atoms. The second kappa shape index (κ2) is 6.17. The van der Waals surface area contributed by atoms with E-state index in [1.54, 1.807) is 6.07 Å². The van der Waals surface area contributed by atoms with Crippen molar-refractivity contribution >= 4 is 11.6 Å². The van der Waals surface area contributed by atoms with Crippen LogP contribution in [0.5, 0.6) is 0 Å². The van der Waals surface area contributed by atoms with Crippen LogP contribution in [-0.4, -0.2) is 25.5 Å². The lowest BCUT2D eigenvalue weighted by atomic mass is 9.78. The molecule has 4 heteroatoms. The van der Waals surface area contributed by atoms with E-state index in [-0.39, 0.29) is 5.91 Å². The molecule has 1 amide bonds. The summed E-state index contributed by atoms with van der Waals surface area (Å²) in [5, 5.41) is 12.5. The summed E-state index contributed by atoms with van der Waals surface area (Å²) in [6.45, 7) is 2.20. The Kier molecular flexibility index (Phi) is 4.52. The zero-order valence-corrected chi connectivity index (χ0v) is 13.0. The Morgan fingerprint density at radius 1 is 1.38 bits per heavy atom. The molecular weight excluding hydrogens is 262 g/mol. The lowest BCUT2D eigenvalue weighted by molar-refractivity contribution is 0.0894. The third-order valence-corrected chi connectivity index (χ3v) is 4.32. The van der Waals surface area contributed by atoms with Crippen LogP contribution >= 0.6 is 0 Å². The summed E-state index contributed by atoms with van der Waals surface area (Å²) in [5.41, 5.74) is 0.887. The van der Waals surface area contributed by atoms with Crippen LogP contribution in [0.1, 0.15) is 43.0 Å². The highest BCUT2D eigenvalue weighted by molar-refractivity contribution is 5.95. The summed E-state index contributed by atoms with van der Waals surface area (Å²) in [4.78, 5) is 14.4. The van der Waals surface area contributed by atoms with Crippen molar-refractivity contribution in [2.24, 2.45) is 5.92 Å². The summed E-state index contributed by atoms with van der Waals surface area (Å²) in [6, 6.07) is 9.80. The topological polar surface area (TPSA) is 56.1 Å². The molecule has 0 saturated heterocycles. The van der Waals surface area contributed by atoms with Gasteiger partial charge in [0.15, 0.2) is 0 Å². The van der Waals surface area contributed by atoms with E-state index < -0.39 is 5.54 Å². The molecule has 1 aromatic rings. The largest absolute Gasteiger partial charge is 0.378 e.